The van der Waals surface area contributed by atoms with Gasteiger partial charge in [0.15, 0.2) is 0 Å². The number of ether oxygens (including phenoxy) is 2. The second-order valence-electron chi connectivity index (χ2n) is 4.06. The van der Waals surface area contributed by atoms with Crippen molar-refractivity contribution >= 4 is 5.97 Å². The van der Waals surface area contributed by atoms with Crippen LogP contribution in [0.1, 0.15) is 22.3 Å². The average molecular weight is 278 g/mol. The first-order chi connectivity index (χ1) is 8.89. The summed E-state index contributed by atoms with van der Waals surface area (Å²) in [4.78, 5) is 11.6. The maximum Gasteiger partial charge on any atom is 0.419 e. The monoisotopic (exact) mass is 278 g/mol. The van der Waals surface area contributed by atoms with Gasteiger partial charge in [-0.2, -0.15) is 13.2 Å². The fraction of sp³-hybridized carbons (Fsp3) is 0.417. The van der Waals surface area contributed by atoms with E-state index in [1.54, 1.807) is 0 Å². The summed E-state index contributed by atoms with van der Waals surface area (Å²) in [5.41, 5.74) is -2.20. The van der Waals surface area contributed by atoms with Crippen molar-refractivity contribution < 1.29 is 31.8 Å². The Labute approximate surface area is 106 Å². The molecule has 1 aromatic rings. The Morgan fingerprint density at radius 3 is 2.68 bits per heavy atom. The van der Waals surface area contributed by atoms with Gasteiger partial charge in [-0.25, -0.2) is 9.18 Å². The molecule has 1 saturated heterocycles. The maximum atomic E-state index is 13.6. The summed E-state index contributed by atoms with van der Waals surface area (Å²) >= 11 is 0. The van der Waals surface area contributed by atoms with Gasteiger partial charge in [-0.15, -0.1) is 0 Å². The highest BCUT2D eigenvalue weighted by Crippen LogP contribution is 2.32. The van der Waals surface area contributed by atoms with E-state index in [4.69, 9.17) is 9.47 Å². The molecule has 0 N–H and O–H groups in total. The van der Waals surface area contributed by atoms with Crippen LogP contribution in [0.5, 0.6) is 0 Å². The van der Waals surface area contributed by atoms with E-state index in [0.29, 0.717) is 19.1 Å². The van der Waals surface area contributed by atoms with Crippen molar-refractivity contribution in [1.29, 1.82) is 0 Å². The molecule has 1 unspecified atom stereocenters. The first-order valence-electron chi connectivity index (χ1n) is 5.54. The SMILES string of the molecule is O=C(OC1CCOC1)c1cccc(C(F)(F)F)c1F. The highest BCUT2D eigenvalue weighted by atomic mass is 19.4. The summed E-state index contributed by atoms with van der Waals surface area (Å²) in [6.45, 7) is 0.579. The van der Waals surface area contributed by atoms with Gasteiger partial charge in [-0.05, 0) is 12.1 Å². The van der Waals surface area contributed by atoms with E-state index >= 15 is 0 Å². The predicted octanol–water partition coefficient (Wildman–Crippen LogP) is 2.79. The quantitative estimate of drug-likeness (QED) is 0.616. The molecule has 0 radical (unpaired) electrons. The summed E-state index contributed by atoms with van der Waals surface area (Å²) in [5, 5.41) is 0. The number of benzene rings is 1. The third-order valence-electron chi connectivity index (χ3n) is 2.69. The second kappa shape index (κ2) is 5.16. The van der Waals surface area contributed by atoms with Crippen molar-refractivity contribution in [2.24, 2.45) is 0 Å². The van der Waals surface area contributed by atoms with Crippen LogP contribution in [0.25, 0.3) is 0 Å². The first kappa shape index (κ1) is 13.8. The molecule has 7 heteroatoms. The van der Waals surface area contributed by atoms with Crippen LogP contribution in [-0.4, -0.2) is 25.3 Å². The Morgan fingerprint density at radius 2 is 2.11 bits per heavy atom. The van der Waals surface area contributed by atoms with Crippen LogP contribution < -0.4 is 0 Å². The summed E-state index contributed by atoms with van der Waals surface area (Å²) in [5.74, 6) is -2.72. The molecule has 0 bridgehead atoms. The summed E-state index contributed by atoms with van der Waals surface area (Å²) < 4.78 is 60.9. The molecule has 104 valence electrons. The minimum absolute atomic E-state index is 0.173. The smallest absolute Gasteiger partial charge is 0.419 e. The molecule has 1 fully saturated rings. The lowest BCUT2D eigenvalue weighted by Crippen LogP contribution is -2.20. The second-order valence-corrected chi connectivity index (χ2v) is 4.06. The number of halogens is 4. The summed E-state index contributed by atoms with van der Waals surface area (Å²) in [6, 6.07) is 2.50. The largest absolute Gasteiger partial charge is 0.456 e. The van der Waals surface area contributed by atoms with Crippen molar-refractivity contribution in [3.05, 3.63) is 35.1 Å². The van der Waals surface area contributed by atoms with Crippen LogP contribution in [0.15, 0.2) is 18.2 Å². The predicted molar refractivity (Wildman–Crippen MR) is 56.0 cm³/mol. The van der Waals surface area contributed by atoms with E-state index in [9.17, 15) is 22.4 Å². The molecule has 0 aromatic heterocycles. The lowest BCUT2D eigenvalue weighted by Gasteiger charge is -2.13. The first-order valence-corrected chi connectivity index (χ1v) is 5.54. The number of hydrogen-bond acceptors (Lipinski definition) is 3. The van der Waals surface area contributed by atoms with Gasteiger partial charge in [0.05, 0.1) is 24.3 Å². The average Bonchev–Trinajstić information content (AvgIpc) is 2.80. The number of carbonyl (C=O) groups excluding carboxylic acids is 1. The van der Waals surface area contributed by atoms with Gasteiger partial charge < -0.3 is 9.47 Å². The number of hydrogen-bond donors (Lipinski definition) is 0. The molecule has 0 aliphatic carbocycles. The van der Waals surface area contributed by atoms with Crippen LogP contribution >= 0.6 is 0 Å². The van der Waals surface area contributed by atoms with Crippen LogP contribution in [0.4, 0.5) is 17.6 Å². The van der Waals surface area contributed by atoms with Gasteiger partial charge in [-0.1, -0.05) is 6.07 Å². The molecule has 0 spiro atoms. The molecular weight excluding hydrogens is 268 g/mol. The summed E-state index contributed by atoms with van der Waals surface area (Å²) in [7, 11) is 0. The minimum Gasteiger partial charge on any atom is -0.456 e. The topological polar surface area (TPSA) is 35.5 Å². The molecule has 0 amide bonds. The number of esters is 1. The molecule has 3 nitrogen and oxygen atoms in total. The van der Waals surface area contributed by atoms with Crippen molar-refractivity contribution in [2.75, 3.05) is 13.2 Å². The molecule has 1 aliphatic heterocycles. The van der Waals surface area contributed by atoms with Gasteiger partial charge in [-0.3, -0.25) is 0 Å². The van der Waals surface area contributed by atoms with E-state index in [0.717, 1.165) is 12.1 Å². The van der Waals surface area contributed by atoms with Gasteiger partial charge in [0, 0.05) is 6.42 Å². The lowest BCUT2D eigenvalue weighted by atomic mass is 10.1. The van der Waals surface area contributed by atoms with Gasteiger partial charge in [0.2, 0.25) is 0 Å². The molecular formula is C12H10F4O3. The molecule has 0 saturated carbocycles. The molecule has 1 aromatic carbocycles. The Bertz CT molecular complexity index is 478. The van der Waals surface area contributed by atoms with Crippen molar-refractivity contribution in [1.82, 2.24) is 0 Å². The van der Waals surface area contributed by atoms with Gasteiger partial charge >= 0.3 is 12.1 Å². The van der Waals surface area contributed by atoms with E-state index in [-0.39, 0.29) is 6.61 Å². The molecule has 1 atom stereocenters. The molecule has 19 heavy (non-hydrogen) atoms. The minimum atomic E-state index is -4.85. The Hall–Kier alpha value is -1.63. The van der Waals surface area contributed by atoms with E-state index in [1.807, 2.05) is 0 Å². The van der Waals surface area contributed by atoms with Crippen molar-refractivity contribution in [2.45, 2.75) is 18.7 Å². The summed E-state index contributed by atoms with van der Waals surface area (Å²) in [6.07, 6.45) is -4.94. The van der Waals surface area contributed by atoms with Crippen LogP contribution in [0.3, 0.4) is 0 Å². The third-order valence-corrected chi connectivity index (χ3v) is 2.69. The third kappa shape index (κ3) is 3.04. The number of alkyl halides is 3. The zero-order valence-corrected chi connectivity index (χ0v) is 9.67. The Balaban J connectivity index is 2.22. The van der Waals surface area contributed by atoms with Crippen molar-refractivity contribution in [3.63, 3.8) is 0 Å². The van der Waals surface area contributed by atoms with Crippen LogP contribution in [0.2, 0.25) is 0 Å². The van der Waals surface area contributed by atoms with Crippen LogP contribution in [0, 0.1) is 5.82 Å². The zero-order chi connectivity index (χ0) is 14.0. The highest BCUT2D eigenvalue weighted by Gasteiger charge is 2.36. The fourth-order valence-corrected chi connectivity index (χ4v) is 1.73. The molecule has 2 rings (SSSR count). The van der Waals surface area contributed by atoms with Crippen molar-refractivity contribution in [3.8, 4) is 0 Å². The van der Waals surface area contributed by atoms with Gasteiger partial charge in [0.25, 0.3) is 0 Å². The van der Waals surface area contributed by atoms with E-state index < -0.39 is 35.2 Å². The molecule has 1 heterocycles. The zero-order valence-electron chi connectivity index (χ0n) is 9.67. The Morgan fingerprint density at radius 1 is 1.37 bits per heavy atom. The van der Waals surface area contributed by atoms with Crippen LogP contribution in [-0.2, 0) is 15.7 Å². The number of rotatable bonds is 2. The van der Waals surface area contributed by atoms with E-state index in [2.05, 4.69) is 0 Å². The fourth-order valence-electron chi connectivity index (χ4n) is 1.73. The van der Waals surface area contributed by atoms with E-state index in [1.165, 1.54) is 0 Å². The normalized spacial score (nSPS) is 19.5. The highest BCUT2D eigenvalue weighted by molar-refractivity contribution is 5.90. The Kier molecular flexibility index (Phi) is 3.75. The lowest BCUT2D eigenvalue weighted by molar-refractivity contribution is -0.140. The van der Waals surface area contributed by atoms with Gasteiger partial charge in [0.1, 0.15) is 11.9 Å². The molecule has 1 aliphatic rings. The maximum absolute atomic E-state index is 13.6. The standard InChI is InChI=1S/C12H10F4O3/c13-10-8(2-1-3-9(10)12(14,15)16)11(17)19-7-4-5-18-6-7/h1-3,7H,4-6H2. The number of carbonyl (C=O) groups is 1.